The number of nitrogens with zero attached hydrogens (tertiary/aromatic N) is 2. The van der Waals surface area contributed by atoms with Crippen molar-refractivity contribution in [2.24, 2.45) is 0 Å². The van der Waals surface area contributed by atoms with E-state index in [2.05, 4.69) is 35.4 Å². The Kier molecular flexibility index (Phi) is 5.00. The Balaban J connectivity index is 2.28. The predicted octanol–water partition coefficient (Wildman–Crippen LogP) is 3.74. The minimum absolute atomic E-state index is 0.287. The zero-order valence-corrected chi connectivity index (χ0v) is 13.4. The molecule has 1 aromatic heterocycles. The van der Waals surface area contributed by atoms with Crippen LogP contribution in [-0.4, -0.2) is 18.2 Å². The average Bonchev–Trinajstić information content (AvgIpc) is 2.98. The summed E-state index contributed by atoms with van der Waals surface area (Å²) >= 11 is 1.75. The Morgan fingerprint density at radius 3 is 2.67 bits per heavy atom. The minimum Gasteiger partial charge on any atom is -0.389 e. The molecule has 1 N–H and O–H groups in total. The first-order valence-corrected chi connectivity index (χ1v) is 7.88. The van der Waals surface area contributed by atoms with Gasteiger partial charge in [0.1, 0.15) is 0 Å². The van der Waals surface area contributed by atoms with E-state index in [-0.39, 0.29) is 6.04 Å². The molecule has 0 saturated heterocycles. The molecule has 0 bridgehead atoms. The fraction of sp³-hybridized carbons (Fsp3) is 0.353. The minimum atomic E-state index is -0.552. The topological polar surface area (TPSA) is 47.3 Å². The highest BCUT2D eigenvalue weighted by Gasteiger charge is 2.17. The van der Waals surface area contributed by atoms with E-state index in [0.29, 0.717) is 5.56 Å². The van der Waals surface area contributed by atoms with Crippen LogP contribution in [0.25, 0.3) is 0 Å². The van der Waals surface area contributed by atoms with Gasteiger partial charge in [-0.15, -0.1) is 11.3 Å². The molecule has 1 heterocycles. The first kappa shape index (κ1) is 15.6. The van der Waals surface area contributed by atoms with Gasteiger partial charge >= 0.3 is 0 Å². The fourth-order valence-electron chi connectivity index (χ4n) is 2.37. The van der Waals surface area contributed by atoms with Crippen molar-refractivity contribution >= 4 is 17.0 Å². The molecule has 2 rings (SSSR count). The van der Waals surface area contributed by atoms with Crippen molar-refractivity contribution in [1.82, 2.24) is 0 Å². The van der Waals surface area contributed by atoms with E-state index in [4.69, 9.17) is 5.26 Å². The summed E-state index contributed by atoms with van der Waals surface area (Å²) in [6.07, 6.45) is 0.397. The number of thiophene rings is 1. The number of benzene rings is 1. The molecule has 110 valence electrons. The molecule has 0 aliphatic carbocycles. The quantitative estimate of drug-likeness (QED) is 0.915. The van der Waals surface area contributed by atoms with Crippen molar-refractivity contribution in [2.45, 2.75) is 32.4 Å². The van der Waals surface area contributed by atoms with Gasteiger partial charge in [-0.25, -0.2) is 0 Å². The molecule has 0 aliphatic rings. The van der Waals surface area contributed by atoms with Gasteiger partial charge in [0.25, 0.3) is 0 Å². The van der Waals surface area contributed by atoms with Crippen LogP contribution in [0.15, 0.2) is 35.7 Å². The second-order valence-corrected chi connectivity index (χ2v) is 6.34. The summed E-state index contributed by atoms with van der Waals surface area (Å²) in [5, 5.41) is 21.1. The fourth-order valence-corrected chi connectivity index (χ4v) is 3.19. The SMILES string of the molecule is CC(O)c1ccc(C#N)cc1N(C)C(C)Cc1cccs1. The van der Waals surface area contributed by atoms with Crippen LogP contribution in [0.4, 0.5) is 5.69 Å². The number of rotatable bonds is 5. The predicted molar refractivity (Wildman–Crippen MR) is 87.7 cm³/mol. The molecule has 0 saturated carbocycles. The zero-order chi connectivity index (χ0) is 15.4. The van der Waals surface area contributed by atoms with Crippen LogP contribution in [-0.2, 0) is 6.42 Å². The van der Waals surface area contributed by atoms with Crippen LogP contribution < -0.4 is 4.90 Å². The maximum Gasteiger partial charge on any atom is 0.0992 e. The molecule has 1 aromatic carbocycles. The lowest BCUT2D eigenvalue weighted by atomic mass is 10.0. The highest BCUT2D eigenvalue weighted by molar-refractivity contribution is 7.09. The van der Waals surface area contributed by atoms with Crippen LogP contribution in [0.2, 0.25) is 0 Å². The van der Waals surface area contributed by atoms with E-state index in [9.17, 15) is 5.11 Å². The Morgan fingerprint density at radius 2 is 2.10 bits per heavy atom. The number of aliphatic hydroxyl groups excluding tert-OH is 1. The van der Waals surface area contributed by atoms with Gasteiger partial charge < -0.3 is 10.0 Å². The standard InChI is InChI=1S/C17H20N2OS/c1-12(9-15-5-4-8-21-15)19(3)17-10-14(11-18)6-7-16(17)13(2)20/h4-8,10,12-13,20H,9H2,1-3H3. The molecule has 21 heavy (non-hydrogen) atoms. The van der Waals surface area contributed by atoms with E-state index in [1.54, 1.807) is 24.3 Å². The number of hydrogen-bond acceptors (Lipinski definition) is 4. The smallest absolute Gasteiger partial charge is 0.0992 e. The van der Waals surface area contributed by atoms with E-state index < -0.39 is 6.10 Å². The van der Waals surface area contributed by atoms with Gasteiger partial charge in [-0.05, 0) is 37.4 Å². The molecule has 3 nitrogen and oxygen atoms in total. The van der Waals surface area contributed by atoms with Crippen molar-refractivity contribution in [3.63, 3.8) is 0 Å². The summed E-state index contributed by atoms with van der Waals surface area (Å²) in [6.45, 7) is 3.91. The molecule has 0 amide bonds. The largest absolute Gasteiger partial charge is 0.389 e. The van der Waals surface area contributed by atoms with Gasteiger partial charge in [-0.1, -0.05) is 12.1 Å². The van der Waals surface area contributed by atoms with Crippen LogP contribution >= 0.6 is 11.3 Å². The summed E-state index contributed by atoms with van der Waals surface area (Å²) in [7, 11) is 2.01. The Morgan fingerprint density at radius 1 is 1.33 bits per heavy atom. The van der Waals surface area contributed by atoms with Gasteiger partial charge in [0, 0.05) is 35.6 Å². The molecular formula is C17H20N2OS. The van der Waals surface area contributed by atoms with Gasteiger partial charge in [0.15, 0.2) is 0 Å². The number of aliphatic hydroxyl groups is 1. The van der Waals surface area contributed by atoms with Crippen molar-refractivity contribution < 1.29 is 5.11 Å². The van der Waals surface area contributed by atoms with E-state index in [1.165, 1.54) is 4.88 Å². The lowest BCUT2D eigenvalue weighted by Crippen LogP contribution is -2.31. The summed E-state index contributed by atoms with van der Waals surface area (Å²) < 4.78 is 0. The number of hydrogen-bond donors (Lipinski definition) is 1. The summed E-state index contributed by atoms with van der Waals surface area (Å²) in [5.41, 5.74) is 2.40. The zero-order valence-electron chi connectivity index (χ0n) is 12.6. The van der Waals surface area contributed by atoms with Crippen molar-refractivity contribution in [3.05, 3.63) is 51.7 Å². The number of anilines is 1. The Labute approximate surface area is 130 Å². The van der Waals surface area contributed by atoms with Gasteiger partial charge in [-0.2, -0.15) is 5.26 Å². The average molecular weight is 300 g/mol. The van der Waals surface area contributed by atoms with Crippen molar-refractivity contribution in [2.75, 3.05) is 11.9 Å². The highest BCUT2D eigenvalue weighted by atomic mass is 32.1. The van der Waals surface area contributed by atoms with Crippen molar-refractivity contribution in [3.8, 4) is 6.07 Å². The lowest BCUT2D eigenvalue weighted by Gasteiger charge is -2.29. The summed E-state index contributed by atoms with van der Waals surface area (Å²) in [6, 6.07) is 12.1. The van der Waals surface area contributed by atoms with Gasteiger partial charge in [0.2, 0.25) is 0 Å². The highest BCUT2D eigenvalue weighted by Crippen LogP contribution is 2.29. The van der Waals surface area contributed by atoms with Crippen molar-refractivity contribution in [1.29, 1.82) is 5.26 Å². The maximum atomic E-state index is 9.95. The second kappa shape index (κ2) is 6.75. The molecule has 4 heteroatoms. The Bertz CT molecular complexity index is 629. The molecule has 0 aliphatic heterocycles. The van der Waals surface area contributed by atoms with Crippen LogP contribution in [0.3, 0.4) is 0 Å². The first-order valence-electron chi connectivity index (χ1n) is 7.00. The van der Waals surface area contributed by atoms with Crippen LogP contribution in [0.5, 0.6) is 0 Å². The van der Waals surface area contributed by atoms with Crippen LogP contribution in [0, 0.1) is 11.3 Å². The van der Waals surface area contributed by atoms with Gasteiger partial charge in [0.05, 0.1) is 17.7 Å². The maximum absolute atomic E-state index is 9.95. The number of nitriles is 1. The summed E-state index contributed by atoms with van der Waals surface area (Å²) in [5.74, 6) is 0. The van der Waals surface area contributed by atoms with E-state index >= 15 is 0 Å². The molecule has 0 fully saturated rings. The molecule has 2 unspecified atom stereocenters. The molecular weight excluding hydrogens is 280 g/mol. The second-order valence-electron chi connectivity index (χ2n) is 5.30. The lowest BCUT2D eigenvalue weighted by molar-refractivity contribution is 0.199. The first-order chi connectivity index (χ1) is 10.0. The molecule has 2 aromatic rings. The van der Waals surface area contributed by atoms with E-state index in [0.717, 1.165) is 17.7 Å². The molecule has 2 atom stereocenters. The monoisotopic (exact) mass is 300 g/mol. The van der Waals surface area contributed by atoms with E-state index in [1.807, 2.05) is 19.2 Å². The third-order valence-electron chi connectivity index (χ3n) is 3.73. The normalized spacial score (nSPS) is 13.5. The number of likely N-dealkylation sites (N-methyl/N-ethyl adjacent to an activating group) is 1. The summed E-state index contributed by atoms with van der Waals surface area (Å²) in [4.78, 5) is 3.48. The molecule has 0 spiro atoms. The third kappa shape index (κ3) is 3.63. The molecule has 0 radical (unpaired) electrons. The Hall–Kier alpha value is -1.83. The van der Waals surface area contributed by atoms with Crippen LogP contribution in [0.1, 0.15) is 36.0 Å². The third-order valence-corrected chi connectivity index (χ3v) is 4.63. The van der Waals surface area contributed by atoms with Gasteiger partial charge in [-0.3, -0.25) is 0 Å².